The van der Waals surface area contributed by atoms with E-state index in [4.69, 9.17) is 26.8 Å². The molecule has 14 nitrogen and oxygen atoms in total. The molecule has 2 rings (SSSR count). The molecule has 2 aromatic carbocycles. The zero-order valence-corrected chi connectivity index (χ0v) is 17.1. The molecule has 0 radical (unpaired) electrons. The summed E-state index contributed by atoms with van der Waals surface area (Å²) in [5.74, 6) is -0.606. The lowest BCUT2D eigenvalue weighted by Gasteiger charge is -2.02. The van der Waals surface area contributed by atoms with Crippen LogP contribution in [-0.4, -0.2) is 40.2 Å². The van der Waals surface area contributed by atoms with Gasteiger partial charge in [-0.3, -0.25) is 35.4 Å². The Hall–Kier alpha value is -3.66. The van der Waals surface area contributed by atoms with Crippen molar-refractivity contribution in [3.05, 3.63) is 72.8 Å². The van der Waals surface area contributed by atoms with E-state index in [1.54, 1.807) is 12.1 Å². The minimum atomic E-state index is -4.02. The van der Waals surface area contributed by atoms with Crippen LogP contribution in [0.3, 0.4) is 0 Å². The third-order valence-corrected chi connectivity index (χ3v) is 4.52. The highest BCUT2D eigenvalue weighted by Gasteiger charge is 2.29. The molecule has 0 saturated heterocycles. The molecule has 0 aliphatic rings. The minimum absolute atomic E-state index is 0.0666. The van der Waals surface area contributed by atoms with Crippen LogP contribution in [0.2, 0.25) is 5.02 Å². The van der Waals surface area contributed by atoms with E-state index < -0.39 is 37.3 Å². The van der Waals surface area contributed by atoms with Crippen LogP contribution < -0.4 is 10.9 Å². The monoisotopic (exact) mass is 474 g/mol. The van der Waals surface area contributed by atoms with Gasteiger partial charge in [0.25, 0.3) is 10.1 Å². The number of nitrogens with zero attached hydrogens (tertiary/aromatic N) is 3. The predicted molar refractivity (Wildman–Crippen MR) is 109 cm³/mol. The molecule has 0 atom stereocenters. The quantitative estimate of drug-likeness (QED) is 0.140. The van der Waals surface area contributed by atoms with E-state index in [-0.39, 0.29) is 15.5 Å². The molecule has 0 amide bonds. The maximum Gasteiger partial charge on any atom is 0.356 e. The highest BCUT2D eigenvalue weighted by Crippen LogP contribution is 2.34. The van der Waals surface area contributed by atoms with Gasteiger partial charge in [0.05, 0.1) is 31.5 Å². The van der Waals surface area contributed by atoms with Gasteiger partial charge in [0.1, 0.15) is 0 Å². The van der Waals surface area contributed by atoms with Crippen molar-refractivity contribution < 1.29 is 28.0 Å². The van der Waals surface area contributed by atoms with E-state index in [0.29, 0.717) is 0 Å². The summed E-state index contributed by atoms with van der Waals surface area (Å²) in [7, 11) is -4.02. The first-order chi connectivity index (χ1) is 14.4. The first kappa shape index (κ1) is 25.4. The molecule has 5 N–H and O–H groups in total. The van der Waals surface area contributed by atoms with E-state index in [0.717, 1.165) is 23.9 Å². The Balaban J connectivity index is 0.000000367. The van der Waals surface area contributed by atoms with Crippen LogP contribution in [0.4, 0.5) is 11.4 Å². The summed E-state index contributed by atoms with van der Waals surface area (Å²) in [6.45, 7) is 1.84. The number of aryl methyl sites for hydroxylation is 1. The Kier molecular flexibility index (Phi) is 8.95. The molecule has 16 heteroatoms. The molecule has 0 aliphatic carbocycles. The standard InChI is InChI=1S/C8H7ClN6O5.C7H8O3S/c9-5-1-2-6(14(17)18)7(15(19)20)4(5)3-11-12-8(10)13-16;1-6-2-4-7(5-3-6)11(8,9)10/h1-3,16H,(H3,10,12,13);2-5H,1H3,(H,8,9,10). The molecule has 2 aromatic rings. The number of benzene rings is 2. The maximum atomic E-state index is 10.9. The van der Waals surface area contributed by atoms with Crippen molar-refractivity contribution in [2.45, 2.75) is 11.8 Å². The maximum absolute atomic E-state index is 10.9. The van der Waals surface area contributed by atoms with Gasteiger partial charge in [-0.15, -0.1) is 0 Å². The van der Waals surface area contributed by atoms with Gasteiger partial charge < -0.3 is 0 Å². The summed E-state index contributed by atoms with van der Waals surface area (Å²) in [4.78, 5) is 19.7. The summed E-state index contributed by atoms with van der Waals surface area (Å²) >= 11 is 5.73. The summed E-state index contributed by atoms with van der Waals surface area (Å²) in [6, 6.07) is 8.01. The number of halogens is 1. The summed E-state index contributed by atoms with van der Waals surface area (Å²) in [5.41, 5.74) is 2.47. The molecular formula is C15H15ClN6O8S. The van der Waals surface area contributed by atoms with Crippen molar-refractivity contribution in [1.82, 2.24) is 10.9 Å². The topological polar surface area (TPSA) is 221 Å². The van der Waals surface area contributed by atoms with Crippen molar-refractivity contribution in [1.29, 1.82) is 5.41 Å². The number of nitro groups is 2. The van der Waals surface area contributed by atoms with Crippen LogP contribution in [0.25, 0.3) is 0 Å². The fraction of sp³-hybridized carbons (Fsp3) is 0.0667. The van der Waals surface area contributed by atoms with Crippen molar-refractivity contribution in [3.63, 3.8) is 0 Å². The Bertz CT molecular complexity index is 1120. The number of hydrogen-bond donors (Lipinski definition) is 5. The lowest BCUT2D eigenvalue weighted by Crippen LogP contribution is -2.30. The second-order valence-electron chi connectivity index (χ2n) is 5.49. The number of hydrazone groups is 1. The number of hydrogen-bond acceptors (Lipinski definition) is 9. The van der Waals surface area contributed by atoms with Crippen LogP contribution in [-0.2, 0) is 10.1 Å². The van der Waals surface area contributed by atoms with Crippen molar-refractivity contribution >= 4 is 45.3 Å². The first-order valence-corrected chi connectivity index (χ1v) is 9.63. The lowest BCUT2D eigenvalue weighted by atomic mass is 10.1. The average Bonchev–Trinajstić information content (AvgIpc) is 2.68. The normalized spacial score (nSPS) is 10.7. The zero-order chi connectivity index (χ0) is 23.8. The van der Waals surface area contributed by atoms with Gasteiger partial charge in [-0.1, -0.05) is 29.3 Å². The van der Waals surface area contributed by atoms with Gasteiger partial charge >= 0.3 is 11.4 Å². The van der Waals surface area contributed by atoms with E-state index >= 15 is 0 Å². The molecule has 0 fully saturated rings. The Morgan fingerprint density at radius 2 is 1.74 bits per heavy atom. The van der Waals surface area contributed by atoms with Crippen molar-refractivity contribution in [2.24, 2.45) is 5.10 Å². The summed E-state index contributed by atoms with van der Waals surface area (Å²) < 4.78 is 29.6. The second-order valence-corrected chi connectivity index (χ2v) is 7.32. The van der Waals surface area contributed by atoms with Gasteiger partial charge in [0, 0.05) is 6.07 Å². The summed E-state index contributed by atoms with van der Waals surface area (Å²) in [6.07, 6.45) is 0.833. The third-order valence-electron chi connectivity index (χ3n) is 3.32. The Labute approximate surface area is 179 Å². The van der Waals surface area contributed by atoms with Crippen LogP contribution in [0.1, 0.15) is 11.1 Å². The molecule has 0 saturated carbocycles. The highest BCUT2D eigenvalue weighted by molar-refractivity contribution is 7.85. The molecule has 0 heterocycles. The van der Waals surface area contributed by atoms with Crippen LogP contribution >= 0.6 is 11.6 Å². The Morgan fingerprint density at radius 3 is 2.19 bits per heavy atom. The van der Waals surface area contributed by atoms with Crippen molar-refractivity contribution in [2.75, 3.05) is 0 Å². The molecule has 0 spiro atoms. The van der Waals surface area contributed by atoms with E-state index in [1.807, 2.05) is 12.3 Å². The van der Waals surface area contributed by atoms with E-state index in [1.165, 1.54) is 17.6 Å². The first-order valence-electron chi connectivity index (χ1n) is 7.81. The smallest absolute Gasteiger partial charge is 0.288 e. The fourth-order valence-corrected chi connectivity index (χ4v) is 2.61. The van der Waals surface area contributed by atoms with Crippen molar-refractivity contribution in [3.8, 4) is 0 Å². The van der Waals surface area contributed by atoms with Gasteiger partial charge in [-0.2, -0.15) is 13.5 Å². The predicted octanol–water partition coefficient (Wildman–Crippen LogP) is 2.24. The lowest BCUT2D eigenvalue weighted by molar-refractivity contribution is -0.422. The third kappa shape index (κ3) is 7.59. The molecule has 0 aliphatic heterocycles. The molecule has 0 aromatic heterocycles. The highest BCUT2D eigenvalue weighted by atomic mass is 35.5. The Morgan fingerprint density at radius 1 is 1.16 bits per heavy atom. The number of nitrogens with one attached hydrogen (secondary N) is 3. The van der Waals surface area contributed by atoms with Gasteiger partial charge in [0.15, 0.2) is 0 Å². The molecule has 0 unspecified atom stereocenters. The van der Waals surface area contributed by atoms with Crippen LogP contribution in [0.5, 0.6) is 0 Å². The number of nitro benzene ring substituents is 2. The van der Waals surface area contributed by atoms with E-state index in [2.05, 4.69) is 5.10 Å². The summed E-state index contributed by atoms with van der Waals surface area (Å²) in [5, 5.41) is 40.2. The fourth-order valence-electron chi connectivity index (χ4n) is 1.93. The van der Waals surface area contributed by atoms with E-state index in [9.17, 15) is 28.6 Å². The number of hydroxylamine groups is 1. The van der Waals surface area contributed by atoms with Crippen LogP contribution in [0.15, 0.2) is 46.4 Å². The number of rotatable bonds is 5. The van der Waals surface area contributed by atoms with Gasteiger partial charge in [-0.25, -0.2) is 10.9 Å². The molecular weight excluding hydrogens is 460 g/mol. The molecule has 31 heavy (non-hydrogen) atoms. The number of guanidine groups is 1. The minimum Gasteiger partial charge on any atom is -0.288 e. The molecule has 166 valence electrons. The SMILES string of the molecule is Cc1ccc(S(=O)(=O)O)cc1.N=C(NO)NN=Cc1c(Cl)ccc([N+](=O)[O-])c1[N+](=O)[O-]. The largest absolute Gasteiger partial charge is 0.356 e. The average molecular weight is 475 g/mol. The van der Waals surface area contributed by atoms with Crippen LogP contribution in [0, 0.1) is 32.6 Å². The zero-order valence-electron chi connectivity index (χ0n) is 15.5. The molecule has 0 bridgehead atoms. The van der Waals surface area contributed by atoms with Gasteiger partial charge in [0.2, 0.25) is 5.96 Å². The second kappa shape index (κ2) is 10.9. The van der Waals surface area contributed by atoms with Gasteiger partial charge in [-0.05, 0) is 25.1 Å².